The van der Waals surface area contributed by atoms with Crippen LogP contribution in [-0.2, 0) is 35.0 Å². The molecule has 2 atom stereocenters. The van der Waals surface area contributed by atoms with Crippen LogP contribution in [0.5, 0.6) is 11.5 Å². The molecule has 0 saturated heterocycles. The molecule has 1 aromatic carbocycles. The van der Waals surface area contributed by atoms with Crippen molar-refractivity contribution < 1.29 is 47.6 Å². The normalized spacial score (nSPS) is 13.0. The molecule has 39 heavy (non-hydrogen) atoms. The van der Waals surface area contributed by atoms with Gasteiger partial charge < -0.3 is 34.2 Å². The Morgan fingerprint density at radius 1 is 0.872 bits per heavy atom. The van der Waals surface area contributed by atoms with Gasteiger partial charge in [-0.3, -0.25) is 9.59 Å². The van der Waals surface area contributed by atoms with Crippen LogP contribution in [0.25, 0.3) is 0 Å². The molecule has 1 unspecified atom stereocenters. The van der Waals surface area contributed by atoms with E-state index in [9.17, 15) is 19.2 Å². The van der Waals surface area contributed by atoms with Crippen molar-refractivity contribution in [1.82, 2.24) is 0 Å². The van der Waals surface area contributed by atoms with Crippen LogP contribution in [0.3, 0.4) is 0 Å². The Morgan fingerprint density at radius 2 is 1.44 bits per heavy atom. The minimum absolute atomic E-state index is 0.0191. The van der Waals surface area contributed by atoms with E-state index in [-0.39, 0.29) is 49.9 Å². The average molecular weight is 554 g/mol. The second kappa shape index (κ2) is 18.0. The highest BCUT2D eigenvalue weighted by atomic mass is 16.7. The van der Waals surface area contributed by atoms with Crippen molar-refractivity contribution in [3.8, 4) is 11.5 Å². The molecule has 0 spiro atoms. The van der Waals surface area contributed by atoms with Crippen LogP contribution in [0.4, 0.5) is 9.59 Å². The molecule has 0 aliphatic heterocycles. The van der Waals surface area contributed by atoms with Crippen LogP contribution in [0, 0.1) is 0 Å². The first kappa shape index (κ1) is 33.7. The van der Waals surface area contributed by atoms with Crippen molar-refractivity contribution in [1.29, 1.82) is 0 Å². The molecule has 0 radical (unpaired) electrons. The molecule has 0 heterocycles. The molecule has 11 heteroatoms. The number of methoxy groups -OCH3 is 1. The van der Waals surface area contributed by atoms with Crippen LogP contribution < -0.4 is 15.2 Å². The summed E-state index contributed by atoms with van der Waals surface area (Å²) in [6.07, 6.45) is 2.10. The molecule has 1 aromatic rings. The van der Waals surface area contributed by atoms with Gasteiger partial charge in [0.25, 0.3) is 0 Å². The topological polar surface area (TPSA) is 150 Å². The summed E-state index contributed by atoms with van der Waals surface area (Å²) >= 11 is 0. The smallest absolute Gasteiger partial charge is 0.468 e. The largest absolute Gasteiger partial charge is 0.513 e. The molecule has 0 amide bonds. The highest BCUT2D eigenvalue weighted by Crippen LogP contribution is 2.31. The van der Waals surface area contributed by atoms with Gasteiger partial charge in [-0.05, 0) is 43.9 Å². The third-order valence-electron chi connectivity index (χ3n) is 5.66. The molecule has 11 nitrogen and oxygen atoms in total. The Bertz CT molecular complexity index is 935. The lowest BCUT2D eigenvalue weighted by molar-refractivity contribution is -0.155. The number of benzene rings is 1. The van der Waals surface area contributed by atoms with E-state index >= 15 is 0 Å². The fraction of sp³-hybridized carbons (Fsp3) is 0.643. The molecular formula is C28H43NO10. The van der Waals surface area contributed by atoms with E-state index in [0.717, 1.165) is 19.3 Å². The lowest BCUT2D eigenvalue weighted by Gasteiger charge is -2.29. The van der Waals surface area contributed by atoms with Crippen LogP contribution >= 0.6 is 0 Å². The number of hydrogen-bond donors (Lipinski definition) is 1. The van der Waals surface area contributed by atoms with Crippen LogP contribution in [-0.4, -0.2) is 56.2 Å². The van der Waals surface area contributed by atoms with Crippen molar-refractivity contribution in [2.45, 2.75) is 97.1 Å². The minimum Gasteiger partial charge on any atom is -0.468 e. The molecule has 220 valence electrons. The van der Waals surface area contributed by atoms with E-state index in [0.29, 0.717) is 24.8 Å². The Balaban J connectivity index is 3.16. The number of unbranched alkanes of at least 4 members (excludes halogenated alkanes) is 3. The van der Waals surface area contributed by atoms with Crippen molar-refractivity contribution in [3.05, 3.63) is 23.8 Å². The van der Waals surface area contributed by atoms with Gasteiger partial charge >= 0.3 is 24.2 Å². The highest BCUT2D eigenvalue weighted by Gasteiger charge is 2.38. The third kappa shape index (κ3) is 12.8. The molecular weight excluding hydrogens is 510 g/mol. The number of esters is 2. The van der Waals surface area contributed by atoms with Crippen molar-refractivity contribution >= 4 is 24.2 Å². The second-order valence-electron chi connectivity index (χ2n) is 9.32. The second-order valence-corrected chi connectivity index (χ2v) is 9.32. The number of rotatable bonds is 17. The van der Waals surface area contributed by atoms with E-state index in [4.69, 9.17) is 34.2 Å². The quantitative estimate of drug-likeness (QED) is 0.117. The van der Waals surface area contributed by atoms with E-state index in [2.05, 4.69) is 0 Å². The van der Waals surface area contributed by atoms with Crippen LogP contribution in [0.1, 0.15) is 84.6 Å². The standard InChI is InChI=1S/C28H43NO10/c1-6-9-12-24(30)37-20(4)18-28(29,25(31)34-5)19-21-13-14-22(38-26(32)35-15-10-7-2)23(17-21)39-27(33)36-16-11-8-3/h13-14,17,20H,6-12,15-16,18-19,29H2,1-5H3/t20-,28?/m0/s1. The van der Waals surface area contributed by atoms with E-state index < -0.39 is 29.9 Å². The summed E-state index contributed by atoms with van der Waals surface area (Å²) in [6, 6.07) is 4.38. The summed E-state index contributed by atoms with van der Waals surface area (Å²) in [5.74, 6) is -1.28. The fourth-order valence-electron chi connectivity index (χ4n) is 3.62. The predicted octanol–water partition coefficient (Wildman–Crippen LogP) is 5.24. The van der Waals surface area contributed by atoms with Crippen molar-refractivity contribution in [2.75, 3.05) is 20.3 Å². The Morgan fingerprint density at radius 3 is 1.97 bits per heavy atom. The molecule has 0 bridgehead atoms. The summed E-state index contributed by atoms with van der Waals surface area (Å²) in [7, 11) is 1.21. The van der Waals surface area contributed by atoms with Crippen LogP contribution in [0.2, 0.25) is 0 Å². The maximum Gasteiger partial charge on any atom is 0.513 e. The summed E-state index contributed by atoms with van der Waals surface area (Å²) < 4.78 is 31.0. The van der Waals surface area contributed by atoms with E-state index in [1.54, 1.807) is 13.0 Å². The summed E-state index contributed by atoms with van der Waals surface area (Å²) in [5.41, 5.74) is 5.37. The lowest BCUT2D eigenvalue weighted by Crippen LogP contribution is -2.53. The van der Waals surface area contributed by atoms with Crippen molar-refractivity contribution in [2.24, 2.45) is 5.73 Å². The summed E-state index contributed by atoms with van der Waals surface area (Å²) in [5, 5.41) is 0. The SMILES string of the molecule is CCCCOC(=O)Oc1ccc(CC(N)(C[C@H](C)OC(=O)CCCC)C(=O)OC)cc1OC(=O)OCCCC. The predicted molar refractivity (Wildman–Crippen MR) is 143 cm³/mol. The number of ether oxygens (including phenoxy) is 6. The maximum atomic E-state index is 12.7. The zero-order valence-corrected chi connectivity index (χ0v) is 23.7. The van der Waals surface area contributed by atoms with Crippen LogP contribution in [0.15, 0.2) is 18.2 Å². The van der Waals surface area contributed by atoms with Gasteiger partial charge in [0.15, 0.2) is 11.5 Å². The maximum absolute atomic E-state index is 12.7. The van der Waals surface area contributed by atoms with Crippen molar-refractivity contribution in [3.63, 3.8) is 0 Å². The zero-order valence-electron chi connectivity index (χ0n) is 23.7. The van der Waals surface area contributed by atoms with Gasteiger partial charge in [0.05, 0.1) is 20.3 Å². The van der Waals surface area contributed by atoms with E-state index in [1.807, 2.05) is 20.8 Å². The Hall–Kier alpha value is -3.34. The van der Waals surface area contributed by atoms with Gasteiger partial charge in [0.1, 0.15) is 11.6 Å². The molecule has 0 aliphatic carbocycles. The van der Waals surface area contributed by atoms with Gasteiger partial charge in [0.2, 0.25) is 0 Å². The number of nitrogens with two attached hydrogens (primary N) is 1. The molecule has 0 aromatic heterocycles. The van der Waals surface area contributed by atoms with Gasteiger partial charge in [-0.1, -0.05) is 46.1 Å². The minimum atomic E-state index is -1.57. The van der Waals surface area contributed by atoms with Gasteiger partial charge in [-0.2, -0.15) is 0 Å². The summed E-state index contributed by atoms with van der Waals surface area (Å²) in [4.78, 5) is 49.1. The average Bonchev–Trinajstić information content (AvgIpc) is 2.88. The Kier molecular flexibility index (Phi) is 15.6. The number of carbonyl (C=O) groups excluding carboxylic acids is 4. The lowest BCUT2D eigenvalue weighted by atomic mass is 9.86. The zero-order chi connectivity index (χ0) is 29.3. The number of carbonyl (C=O) groups is 4. The monoisotopic (exact) mass is 553 g/mol. The fourth-order valence-corrected chi connectivity index (χ4v) is 3.62. The number of hydrogen-bond acceptors (Lipinski definition) is 11. The first-order chi connectivity index (χ1) is 18.6. The highest BCUT2D eigenvalue weighted by molar-refractivity contribution is 5.81. The van der Waals surface area contributed by atoms with Gasteiger partial charge in [-0.25, -0.2) is 9.59 Å². The Labute approximate surface area is 230 Å². The molecule has 0 aliphatic rings. The molecule has 0 saturated carbocycles. The summed E-state index contributed by atoms with van der Waals surface area (Å²) in [6.45, 7) is 7.85. The van der Waals surface area contributed by atoms with Gasteiger partial charge in [0, 0.05) is 19.3 Å². The first-order valence-corrected chi connectivity index (χ1v) is 13.5. The third-order valence-corrected chi connectivity index (χ3v) is 5.66. The first-order valence-electron chi connectivity index (χ1n) is 13.5. The molecule has 2 N–H and O–H groups in total. The van der Waals surface area contributed by atoms with Gasteiger partial charge in [-0.15, -0.1) is 0 Å². The van der Waals surface area contributed by atoms with E-state index in [1.165, 1.54) is 19.2 Å². The molecule has 1 rings (SSSR count). The molecule has 0 fully saturated rings.